The zero-order valence-electron chi connectivity index (χ0n) is 21.1. The van der Waals surface area contributed by atoms with Crippen LogP contribution in [0.2, 0.25) is 0 Å². The molecule has 0 spiro atoms. The van der Waals surface area contributed by atoms with Crippen LogP contribution in [0.15, 0.2) is 35.9 Å². The van der Waals surface area contributed by atoms with Crippen molar-refractivity contribution in [2.75, 3.05) is 59.5 Å². The van der Waals surface area contributed by atoms with Gasteiger partial charge >= 0.3 is 11.9 Å². The van der Waals surface area contributed by atoms with Gasteiger partial charge in [0.1, 0.15) is 11.9 Å². The van der Waals surface area contributed by atoms with Crippen molar-refractivity contribution in [2.45, 2.75) is 31.1 Å². The Bertz CT molecular complexity index is 955. The summed E-state index contributed by atoms with van der Waals surface area (Å²) in [5.74, 6) is -1.26. The predicted molar refractivity (Wildman–Crippen MR) is 147 cm³/mol. The van der Waals surface area contributed by atoms with Crippen molar-refractivity contribution in [3.05, 3.63) is 47.3 Å². The molecule has 2 fully saturated rings. The molecule has 2 heterocycles. The average molecular weight is 581 g/mol. The molecular weight excluding hydrogens is 544 g/mol. The number of halogens is 3. The van der Waals surface area contributed by atoms with E-state index in [1.165, 1.54) is 13.2 Å². The number of hydrogen-bond acceptors (Lipinski definition) is 8. The van der Waals surface area contributed by atoms with Crippen LogP contribution in [0.1, 0.15) is 31.4 Å². The Balaban J connectivity index is 0.00000342. The van der Waals surface area contributed by atoms with Crippen molar-refractivity contribution in [2.24, 2.45) is 0 Å². The highest BCUT2D eigenvalue weighted by Gasteiger charge is 2.34. The van der Waals surface area contributed by atoms with Gasteiger partial charge in [0.15, 0.2) is 0 Å². The molecule has 12 heteroatoms. The van der Waals surface area contributed by atoms with Gasteiger partial charge in [0.2, 0.25) is 5.91 Å². The van der Waals surface area contributed by atoms with E-state index < -0.39 is 17.8 Å². The number of likely N-dealkylation sites (tertiary alicyclic amines) is 1. The normalized spacial score (nSPS) is 20.5. The summed E-state index contributed by atoms with van der Waals surface area (Å²) in [6.45, 7) is 5.58. The summed E-state index contributed by atoms with van der Waals surface area (Å²) in [5, 5.41) is 0.0201. The number of nitrogens with zero attached hydrogens (tertiary/aromatic N) is 3. The Labute approximate surface area is 235 Å². The van der Waals surface area contributed by atoms with E-state index in [1.54, 1.807) is 30.0 Å². The van der Waals surface area contributed by atoms with Gasteiger partial charge in [-0.15, -0.1) is 24.8 Å². The zero-order valence-corrected chi connectivity index (χ0v) is 23.7. The number of hydrogen-bond donors (Lipinski definition) is 1. The fourth-order valence-corrected chi connectivity index (χ4v) is 4.75. The Kier molecular flexibility index (Phi) is 14.5. The number of benzene rings is 1. The van der Waals surface area contributed by atoms with Crippen LogP contribution in [0.4, 0.5) is 4.39 Å². The molecule has 2 unspecified atom stereocenters. The van der Waals surface area contributed by atoms with E-state index in [1.807, 2.05) is 9.80 Å². The molecule has 0 saturated carbocycles. The second kappa shape index (κ2) is 16.2. The molecule has 0 N–H and O–H groups in total. The van der Waals surface area contributed by atoms with Crippen molar-refractivity contribution >= 4 is 55.3 Å². The third-order valence-corrected chi connectivity index (χ3v) is 6.98. The Morgan fingerprint density at radius 1 is 1.19 bits per heavy atom. The van der Waals surface area contributed by atoms with Crippen molar-refractivity contribution in [1.82, 2.24) is 14.7 Å². The lowest BCUT2D eigenvalue weighted by Crippen LogP contribution is -2.50. The van der Waals surface area contributed by atoms with E-state index in [9.17, 15) is 18.8 Å². The largest absolute Gasteiger partial charge is 0.468 e. The predicted octanol–water partition coefficient (Wildman–Crippen LogP) is 2.91. The van der Waals surface area contributed by atoms with Crippen LogP contribution in [-0.4, -0.2) is 97.3 Å². The number of piperidine rings is 1. The average Bonchev–Trinajstić information content (AvgIpc) is 2.85. The number of thiol groups is 1. The van der Waals surface area contributed by atoms with Crippen LogP contribution >= 0.6 is 37.4 Å². The van der Waals surface area contributed by atoms with Gasteiger partial charge in [0, 0.05) is 50.1 Å². The van der Waals surface area contributed by atoms with Crippen LogP contribution in [0, 0.1) is 5.82 Å². The number of carbonyl (C=O) groups excluding carboxylic acids is 3. The van der Waals surface area contributed by atoms with Crippen LogP contribution < -0.4 is 0 Å². The minimum absolute atomic E-state index is 0. The first-order valence-corrected chi connectivity index (χ1v) is 12.4. The lowest BCUT2D eigenvalue weighted by Gasteiger charge is -2.37. The lowest BCUT2D eigenvalue weighted by atomic mass is 9.97. The highest BCUT2D eigenvalue weighted by molar-refractivity contribution is 7.81. The van der Waals surface area contributed by atoms with Crippen molar-refractivity contribution in [1.29, 1.82) is 0 Å². The summed E-state index contributed by atoms with van der Waals surface area (Å²) in [6, 6.07) is 5.42. The van der Waals surface area contributed by atoms with Gasteiger partial charge in [0.25, 0.3) is 0 Å². The molecule has 3 rings (SSSR count). The van der Waals surface area contributed by atoms with E-state index in [4.69, 9.17) is 22.1 Å². The van der Waals surface area contributed by atoms with E-state index in [-0.39, 0.29) is 54.9 Å². The third-order valence-electron chi connectivity index (χ3n) is 6.39. The van der Waals surface area contributed by atoms with Gasteiger partial charge in [-0.25, -0.2) is 9.18 Å². The summed E-state index contributed by atoms with van der Waals surface area (Å²) >= 11 is 4.72. The number of esters is 2. The molecule has 8 nitrogen and oxygen atoms in total. The Hall–Kier alpha value is -1.85. The Morgan fingerprint density at radius 2 is 1.92 bits per heavy atom. The first-order chi connectivity index (χ1) is 16.8. The topological polar surface area (TPSA) is 79.4 Å². The summed E-state index contributed by atoms with van der Waals surface area (Å²) < 4.78 is 24.5. The van der Waals surface area contributed by atoms with Gasteiger partial charge < -0.3 is 14.4 Å². The van der Waals surface area contributed by atoms with Crippen LogP contribution in [0.5, 0.6) is 0 Å². The smallest absolute Gasteiger partial charge is 0.327 e. The van der Waals surface area contributed by atoms with Crippen LogP contribution in [0.25, 0.3) is 0 Å². The van der Waals surface area contributed by atoms with Crippen molar-refractivity contribution < 1.29 is 28.2 Å². The minimum Gasteiger partial charge on any atom is -0.468 e. The summed E-state index contributed by atoms with van der Waals surface area (Å²) in [5.41, 5.74) is 1.32. The first kappa shape index (κ1) is 33.2. The van der Waals surface area contributed by atoms with E-state index in [2.05, 4.69) is 6.08 Å². The number of methoxy groups -OCH3 is 1. The van der Waals surface area contributed by atoms with E-state index >= 15 is 0 Å². The van der Waals surface area contributed by atoms with Gasteiger partial charge in [0.05, 0.1) is 26.7 Å². The van der Waals surface area contributed by atoms with Gasteiger partial charge in [-0.1, -0.05) is 24.3 Å². The zero-order chi connectivity index (χ0) is 25.4. The third kappa shape index (κ3) is 9.14. The minimum atomic E-state index is -0.838. The molecule has 208 valence electrons. The lowest BCUT2D eigenvalue weighted by molar-refractivity contribution is -0.148. The molecule has 1 aromatic carbocycles. The standard InChI is InChI=1S/C25H34FN3O5S.2ClH/c1-3-34-23(31)10-13-28-15-14-27(17-22(28)30)11-8-18-16-29(12-9-21(18)35)24(25(32)33-2)19-6-4-5-7-20(19)26;;/h4-8,21,24,35H,3,9-17H2,1-2H3;2*1H/b18-8-;;. The molecule has 0 bridgehead atoms. The molecule has 2 atom stereocenters. The summed E-state index contributed by atoms with van der Waals surface area (Å²) in [6.07, 6.45) is 2.96. The van der Waals surface area contributed by atoms with E-state index in [0.717, 1.165) is 5.57 Å². The summed E-state index contributed by atoms with van der Waals surface area (Å²) in [7, 11) is 1.31. The quantitative estimate of drug-likeness (QED) is 0.274. The fourth-order valence-electron chi connectivity index (χ4n) is 4.45. The SMILES string of the molecule is CCOC(=O)CCN1CCN(C/C=C2/CN(C(C(=O)OC)c3ccccc3F)CCC2S)CC1=O.Cl.Cl. The molecule has 2 aliphatic rings. The van der Waals surface area contributed by atoms with Crippen LogP contribution in [-0.2, 0) is 23.9 Å². The second-order valence-electron chi connectivity index (χ2n) is 8.67. The number of amides is 1. The van der Waals surface area contributed by atoms with Gasteiger partial charge in [-0.3, -0.25) is 19.4 Å². The fraction of sp³-hybridized carbons (Fsp3) is 0.560. The number of rotatable bonds is 9. The Morgan fingerprint density at radius 3 is 2.57 bits per heavy atom. The molecule has 2 aliphatic heterocycles. The monoisotopic (exact) mass is 579 g/mol. The second-order valence-corrected chi connectivity index (χ2v) is 9.30. The molecule has 1 amide bonds. The maximum absolute atomic E-state index is 14.5. The maximum atomic E-state index is 14.5. The number of ether oxygens (including phenoxy) is 2. The molecule has 2 saturated heterocycles. The number of piperazine rings is 1. The number of carbonyl (C=O) groups is 3. The molecule has 37 heavy (non-hydrogen) atoms. The van der Waals surface area contributed by atoms with Gasteiger partial charge in [-0.2, -0.15) is 12.6 Å². The highest BCUT2D eigenvalue weighted by Crippen LogP contribution is 2.31. The van der Waals surface area contributed by atoms with Gasteiger partial charge in [-0.05, 0) is 25.0 Å². The summed E-state index contributed by atoms with van der Waals surface area (Å²) in [4.78, 5) is 42.4. The van der Waals surface area contributed by atoms with Crippen molar-refractivity contribution in [3.8, 4) is 0 Å². The van der Waals surface area contributed by atoms with Crippen LogP contribution in [0.3, 0.4) is 0 Å². The molecule has 0 radical (unpaired) electrons. The maximum Gasteiger partial charge on any atom is 0.327 e. The molecular formula is C25H36Cl2FN3O5S. The molecule has 1 aromatic rings. The van der Waals surface area contributed by atoms with E-state index in [0.29, 0.717) is 57.9 Å². The first-order valence-electron chi connectivity index (χ1n) is 11.9. The van der Waals surface area contributed by atoms with Crippen molar-refractivity contribution in [3.63, 3.8) is 0 Å². The molecule has 0 aliphatic carbocycles. The highest BCUT2D eigenvalue weighted by atomic mass is 35.5. The molecule has 0 aromatic heterocycles.